The summed E-state index contributed by atoms with van der Waals surface area (Å²) in [5.41, 5.74) is 0.510. The maximum atomic E-state index is 12.3. The third-order valence-corrected chi connectivity index (χ3v) is 4.49. The zero-order chi connectivity index (χ0) is 19.6. The first kappa shape index (κ1) is 19.0. The Morgan fingerprint density at radius 2 is 1.74 bits per heavy atom. The predicted octanol–water partition coefficient (Wildman–Crippen LogP) is 1.13. The summed E-state index contributed by atoms with van der Waals surface area (Å²) in [6.45, 7) is 4.30. The van der Waals surface area contributed by atoms with E-state index in [1.807, 2.05) is 13.8 Å². The van der Waals surface area contributed by atoms with Gasteiger partial charge in [-0.3, -0.25) is 19.3 Å². The van der Waals surface area contributed by atoms with Crippen LogP contribution in [0.3, 0.4) is 0 Å². The molecule has 2 saturated heterocycles. The van der Waals surface area contributed by atoms with Gasteiger partial charge in [-0.15, -0.1) is 0 Å². The lowest BCUT2D eigenvalue weighted by atomic mass is 10.2. The topological polar surface area (TPSA) is 93.2 Å². The van der Waals surface area contributed by atoms with Crippen molar-refractivity contribution >= 4 is 29.4 Å². The summed E-state index contributed by atoms with van der Waals surface area (Å²) in [6.07, 6.45) is 0.192. The molecule has 0 bridgehead atoms. The third-order valence-electron chi connectivity index (χ3n) is 4.49. The molecule has 2 fully saturated rings. The van der Waals surface area contributed by atoms with Crippen LogP contribution in [-0.4, -0.2) is 60.5 Å². The molecule has 144 valence electrons. The standard InChI is InChI=1S/C19H22N2O6/c1-12-9-20(10-13(2)27-12)18(24)11-26-19(25)14-4-3-5-15(8-14)21-16(22)6-7-17(21)23/h3-5,8,12-13H,6-7,9-11H2,1-2H3/t12-,13+. The Morgan fingerprint density at radius 3 is 2.37 bits per heavy atom. The van der Waals surface area contributed by atoms with E-state index < -0.39 is 5.97 Å². The molecule has 0 aromatic heterocycles. The zero-order valence-corrected chi connectivity index (χ0v) is 15.3. The van der Waals surface area contributed by atoms with E-state index in [2.05, 4.69) is 0 Å². The highest BCUT2D eigenvalue weighted by Gasteiger charge is 2.31. The number of rotatable bonds is 4. The maximum absolute atomic E-state index is 12.3. The monoisotopic (exact) mass is 374 g/mol. The van der Waals surface area contributed by atoms with Crippen LogP contribution >= 0.6 is 0 Å². The first-order valence-electron chi connectivity index (χ1n) is 8.91. The van der Waals surface area contributed by atoms with Crippen molar-refractivity contribution in [3.8, 4) is 0 Å². The largest absolute Gasteiger partial charge is 0.452 e. The summed E-state index contributed by atoms with van der Waals surface area (Å²) in [4.78, 5) is 50.9. The molecular formula is C19H22N2O6. The van der Waals surface area contributed by atoms with Crippen molar-refractivity contribution in [1.82, 2.24) is 4.90 Å². The molecule has 3 rings (SSSR count). The summed E-state index contributed by atoms with van der Waals surface area (Å²) in [6, 6.07) is 6.09. The zero-order valence-electron chi connectivity index (χ0n) is 15.3. The number of benzene rings is 1. The SMILES string of the molecule is C[C@@H]1CN(C(=O)COC(=O)c2cccc(N3C(=O)CCC3=O)c2)C[C@H](C)O1. The summed E-state index contributed by atoms with van der Waals surface area (Å²) in [5.74, 6) is -1.56. The molecule has 0 saturated carbocycles. The molecule has 0 N–H and O–H groups in total. The number of nitrogens with zero attached hydrogens (tertiary/aromatic N) is 2. The number of morpholine rings is 1. The van der Waals surface area contributed by atoms with Gasteiger partial charge in [-0.25, -0.2) is 4.79 Å². The van der Waals surface area contributed by atoms with Crippen molar-refractivity contribution < 1.29 is 28.7 Å². The average molecular weight is 374 g/mol. The van der Waals surface area contributed by atoms with Gasteiger partial charge < -0.3 is 14.4 Å². The van der Waals surface area contributed by atoms with Crippen molar-refractivity contribution in [1.29, 1.82) is 0 Å². The van der Waals surface area contributed by atoms with Gasteiger partial charge in [-0.05, 0) is 32.0 Å². The Labute approximate surface area is 157 Å². The number of carbonyl (C=O) groups excluding carboxylic acids is 4. The number of esters is 1. The molecule has 1 aromatic carbocycles. The molecule has 0 spiro atoms. The van der Waals surface area contributed by atoms with Crippen molar-refractivity contribution in [2.45, 2.75) is 38.9 Å². The van der Waals surface area contributed by atoms with Gasteiger partial charge >= 0.3 is 5.97 Å². The first-order chi connectivity index (χ1) is 12.8. The molecule has 2 atom stereocenters. The van der Waals surface area contributed by atoms with Gasteiger partial charge in [-0.2, -0.15) is 0 Å². The van der Waals surface area contributed by atoms with Crippen LogP contribution in [0.5, 0.6) is 0 Å². The third kappa shape index (κ3) is 4.33. The van der Waals surface area contributed by atoms with E-state index in [0.717, 1.165) is 4.90 Å². The molecule has 2 aliphatic heterocycles. The quantitative estimate of drug-likeness (QED) is 0.579. The van der Waals surface area contributed by atoms with Crippen molar-refractivity contribution in [3.05, 3.63) is 29.8 Å². The Hall–Kier alpha value is -2.74. The van der Waals surface area contributed by atoms with Gasteiger partial charge in [0.1, 0.15) is 0 Å². The second-order valence-electron chi connectivity index (χ2n) is 6.81. The van der Waals surface area contributed by atoms with Gasteiger partial charge in [0.05, 0.1) is 23.5 Å². The van der Waals surface area contributed by atoms with Crippen LogP contribution < -0.4 is 4.90 Å². The average Bonchev–Trinajstić information content (AvgIpc) is 2.97. The van der Waals surface area contributed by atoms with E-state index >= 15 is 0 Å². The Bertz CT molecular complexity index is 751. The van der Waals surface area contributed by atoms with E-state index in [1.165, 1.54) is 12.1 Å². The smallest absolute Gasteiger partial charge is 0.338 e. The minimum absolute atomic E-state index is 0.0689. The maximum Gasteiger partial charge on any atom is 0.338 e. The van der Waals surface area contributed by atoms with Crippen LogP contribution in [0, 0.1) is 0 Å². The molecule has 2 aliphatic rings. The van der Waals surface area contributed by atoms with Crippen LogP contribution in [-0.2, 0) is 23.9 Å². The Balaban J connectivity index is 1.61. The van der Waals surface area contributed by atoms with E-state index in [-0.39, 0.29) is 54.9 Å². The van der Waals surface area contributed by atoms with Gasteiger partial charge in [0.25, 0.3) is 5.91 Å². The lowest BCUT2D eigenvalue weighted by Crippen LogP contribution is -2.49. The highest BCUT2D eigenvalue weighted by Crippen LogP contribution is 2.23. The molecular weight excluding hydrogens is 352 g/mol. The van der Waals surface area contributed by atoms with Crippen LogP contribution in [0.2, 0.25) is 0 Å². The molecule has 0 aliphatic carbocycles. The molecule has 0 radical (unpaired) electrons. The number of imide groups is 1. The molecule has 1 aromatic rings. The molecule has 2 heterocycles. The minimum atomic E-state index is -0.682. The second-order valence-corrected chi connectivity index (χ2v) is 6.81. The number of hydrogen-bond acceptors (Lipinski definition) is 6. The Morgan fingerprint density at radius 1 is 1.11 bits per heavy atom. The number of carbonyl (C=O) groups is 4. The van der Waals surface area contributed by atoms with E-state index in [4.69, 9.17) is 9.47 Å². The first-order valence-corrected chi connectivity index (χ1v) is 8.91. The molecule has 0 unspecified atom stereocenters. The molecule has 8 heteroatoms. The minimum Gasteiger partial charge on any atom is -0.452 e. The van der Waals surface area contributed by atoms with Crippen molar-refractivity contribution in [2.75, 3.05) is 24.6 Å². The van der Waals surface area contributed by atoms with Crippen molar-refractivity contribution in [2.24, 2.45) is 0 Å². The van der Waals surface area contributed by atoms with Gasteiger partial charge in [0, 0.05) is 25.9 Å². The normalized spacial score (nSPS) is 22.9. The number of ether oxygens (including phenoxy) is 2. The fraction of sp³-hybridized carbons (Fsp3) is 0.474. The molecule has 27 heavy (non-hydrogen) atoms. The van der Waals surface area contributed by atoms with Gasteiger partial charge in [0.2, 0.25) is 11.8 Å². The lowest BCUT2D eigenvalue weighted by molar-refractivity contribution is -0.146. The highest BCUT2D eigenvalue weighted by molar-refractivity contribution is 6.20. The van der Waals surface area contributed by atoms with E-state index in [1.54, 1.807) is 17.0 Å². The molecule has 3 amide bonds. The predicted molar refractivity (Wildman–Crippen MR) is 95.0 cm³/mol. The summed E-state index contributed by atoms with van der Waals surface area (Å²) >= 11 is 0. The highest BCUT2D eigenvalue weighted by atomic mass is 16.5. The lowest BCUT2D eigenvalue weighted by Gasteiger charge is -2.35. The van der Waals surface area contributed by atoms with Crippen LogP contribution in [0.25, 0.3) is 0 Å². The van der Waals surface area contributed by atoms with E-state index in [9.17, 15) is 19.2 Å². The Kier molecular flexibility index (Phi) is 5.55. The fourth-order valence-corrected chi connectivity index (χ4v) is 3.32. The van der Waals surface area contributed by atoms with E-state index in [0.29, 0.717) is 18.8 Å². The van der Waals surface area contributed by atoms with Crippen molar-refractivity contribution in [3.63, 3.8) is 0 Å². The number of amides is 3. The second kappa shape index (κ2) is 7.87. The summed E-state index contributed by atoms with van der Waals surface area (Å²) in [5, 5.41) is 0. The summed E-state index contributed by atoms with van der Waals surface area (Å²) < 4.78 is 10.7. The molecule has 8 nitrogen and oxygen atoms in total. The number of anilines is 1. The fourth-order valence-electron chi connectivity index (χ4n) is 3.32. The number of hydrogen-bond donors (Lipinski definition) is 0. The van der Waals surface area contributed by atoms with Crippen LogP contribution in [0.15, 0.2) is 24.3 Å². The van der Waals surface area contributed by atoms with Gasteiger partial charge in [0.15, 0.2) is 6.61 Å². The summed E-state index contributed by atoms with van der Waals surface area (Å²) in [7, 11) is 0. The van der Waals surface area contributed by atoms with Crippen LogP contribution in [0.4, 0.5) is 5.69 Å². The van der Waals surface area contributed by atoms with Gasteiger partial charge in [-0.1, -0.05) is 6.07 Å². The van der Waals surface area contributed by atoms with Crippen LogP contribution in [0.1, 0.15) is 37.0 Å².